The van der Waals surface area contributed by atoms with Crippen LogP contribution in [0.15, 0.2) is 0 Å². The Morgan fingerprint density at radius 3 is 2.05 bits per heavy atom. The van der Waals surface area contributed by atoms with Crippen LogP contribution in [0.25, 0.3) is 0 Å². The van der Waals surface area contributed by atoms with Crippen LogP contribution in [-0.4, -0.2) is 73.4 Å². The standard InChI is InChI=1S/C5H13NO3S.C5H11NO2.H2O/c1-2-6-4-3-5-10(7,8)9;1-4(5(7)8)6(2)3;/h6H,2-5H2,1H3,(H,7,8,9);4H,1-3H3,(H,7,8);1H2. The van der Waals surface area contributed by atoms with Gasteiger partial charge in [-0.3, -0.25) is 14.2 Å². The van der Waals surface area contributed by atoms with Crippen molar-refractivity contribution in [3.05, 3.63) is 0 Å². The topological polar surface area (TPSA) is 138 Å². The molecule has 19 heavy (non-hydrogen) atoms. The Morgan fingerprint density at radius 2 is 1.84 bits per heavy atom. The third-order valence-electron chi connectivity index (χ3n) is 2.14. The number of carboxylic acid groups (broad SMARTS) is 1. The van der Waals surface area contributed by atoms with Crippen LogP contribution >= 0.6 is 0 Å². The van der Waals surface area contributed by atoms with Gasteiger partial charge < -0.3 is 15.9 Å². The fourth-order valence-corrected chi connectivity index (χ4v) is 1.29. The lowest BCUT2D eigenvalue weighted by atomic mass is 10.3. The molecule has 0 saturated carbocycles. The van der Waals surface area contributed by atoms with E-state index in [9.17, 15) is 13.2 Å². The first-order valence-corrected chi connectivity index (χ1v) is 7.27. The fourth-order valence-electron chi connectivity index (χ4n) is 0.777. The predicted octanol–water partition coefficient (Wildman–Crippen LogP) is -0.930. The van der Waals surface area contributed by atoms with Crippen molar-refractivity contribution >= 4 is 16.1 Å². The molecular weight excluding hydrogens is 276 g/mol. The molecule has 0 saturated heterocycles. The quantitative estimate of drug-likeness (QED) is 0.408. The van der Waals surface area contributed by atoms with E-state index in [0.717, 1.165) is 6.54 Å². The molecule has 5 N–H and O–H groups in total. The summed E-state index contributed by atoms with van der Waals surface area (Å²) in [6.07, 6.45) is 0.465. The molecule has 0 bridgehead atoms. The van der Waals surface area contributed by atoms with Crippen molar-refractivity contribution in [2.45, 2.75) is 26.3 Å². The van der Waals surface area contributed by atoms with E-state index in [-0.39, 0.29) is 17.3 Å². The van der Waals surface area contributed by atoms with E-state index in [1.165, 1.54) is 0 Å². The van der Waals surface area contributed by atoms with Gasteiger partial charge in [0, 0.05) is 0 Å². The monoisotopic (exact) mass is 302 g/mol. The molecule has 9 heteroatoms. The third-order valence-corrected chi connectivity index (χ3v) is 2.94. The van der Waals surface area contributed by atoms with Gasteiger partial charge in [-0.2, -0.15) is 8.42 Å². The first-order chi connectivity index (χ1) is 8.11. The molecule has 8 nitrogen and oxygen atoms in total. The summed E-state index contributed by atoms with van der Waals surface area (Å²) in [5.41, 5.74) is 0. The minimum atomic E-state index is -3.74. The molecule has 0 aliphatic heterocycles. The van der Waals surface area contributed by atoms with Crippen molar-refractivity contribution in [2.75, 3.05) is 32.9 Å². The predicted molar refractivity (Wildman–Crippen MR) is 74.0 cm³/mol. The average molecular weight is 302 g/mol. The van der Waals surface area contributed by atoms with Crippen LogP contribution in [0.2, 0.25) is 0 Å². The molecule has 0 spiro atoms. The van der Waals surface area contributed by atoms with Gasteiger partial charge in [-0.05, 0) is 40.5 Å². The number of rotatable bonds is 7. The van der Waals surface area contributed by atoms with E-state index >= 15 is 0 Å². The van der Waals surface area contributed by atoms with Gasteiger partial charge in [-0.1, -0.05) is 6.92 Å². The van der Waals surface area contributed by atoms with Crippen molar-refractivity contribution < 1.29 is 28.3 Å². The molecule has 0 aliphatic carbocycles. The molecule has 118 valence electrons. The Bertz CT molecular complexity index is 318. The minimum Gasteiger partial charge on any atom is -0.480 e. The lowest BCUT2D eigenvalue weighted by Gasteiger charge is -2.13. The summed E-state index contributed by atoms with van der Waals surface area (Å²) in [6, 6.07) is -0.380. The van der Waals surface area contributed by atoms with Crippen molar-refractivity contribution in [1.29, 1.82) is 0 Å². The van der Waals surface area contributed by atoms with Crippen molar-refractivity contribution in [1.82, 2.24) is 10.2 Å². The van der Waals surface area contributed by atoms with Crippen molar-refractivity contribution in [2.24, 2.45) is 0 Å². The van der Waals surface area contributed by atoms with Crippen molar-refractivity contribution in [3.8, 4) is 0 Å². The SMILES string of the molecule is CC(C(=O)O)N(C)C.CCNCCCS(=O)(=O)O.O. The number of hydrogen-bond donors (Lipinski definition) is 3. The average Bonchev–Trinajstić information content (AvgIpc) is 2.22. The molecule has 1 atom stereocenters. The molecule has 0 heterocycles. The minimum absolute atomic E-state index is 0. The molecule has 0 aromatic rings. The molecule has 0 radical (unpaired) electrons. The van der Waals surface area contributed by atoms with Crippen LogP contribution in [-0.2, 0) is 14.9 Å². The summed E-state index contributed by atoms with van der Waals surface area (Å²) in [6.45, 7) is 5.04. The summed E-state index contributed by atoms with van der Waals surface area (Å²) < 4.78 is 28.5. The molecular formula is C10H26N2O6S. The molecule has 0 aromatic carbocycles. The van der Waals surface area contributed by atoms with Gasteiger partial charge in [0.25, 0.3) is 10.1 Å². The Labute approximate surface area is 114 Å². The van der Waals surface area contributed by atoms with Crippen LogP contribution in [0.1, 0.15) is 20.3 Å². The highest BCUT2D eigenvalue weighted by Crippen LogP contribution is 1.88. The van der Waals surface area contributed by atoms with Crippen molar-refractivity contribution in [3.63, 3.8) is 0 Å². The Kier molecular flexibility index (Phi) is 15.1. The van der Waals surface area contributed by atoms with Crippen LogP contribution in [0.5, 0.6) is 0 Å². The van der Waals surface area contributed by atoms with E-state index in [1.807, 2.05) is 6.92 Å². The normalized spacial score (nSPS) is 12.1. The van der Waals surface area contributed by atoms with Crippen LogP contribution in [0, 0.1) is 0 Å². The zero-order valence-corrected chi connectivity index (χ0v) is 12.7. The lowest BCUT2D eigenvalue weighted by molar-refractivity contribution is -0.141. The second-order valence-corrected chi connectivity index (χ2v) is 5.54. The zero-order chi connectivity index (χ0) is 14.8. The molecule has 0 fully saturated rings. The smallest absolute Gasteiger partial charge is 0.320 e. The second kappa shape index (κ2) is 12.3. The first kappa shape index (κ1) is 23.4. The molecule has 0 aliphatic rings. The Morgan fingerprint density at radius 1 is 1.37 bits per heavy atom. The summed E-state index contributed by atoms with van der Waals surface area (Å²) >= 11 is 0. The molecule has 1 unspecified atom stereocenters. The van der Waals surface area contributed by atoms with E-state index < -0.39 is 16.1 Å². The maximum atomic E-state index is 10.1. The van der Waals surface area contributed by atoms with Crippen LogP contribution in [0.4, 0.5) is 0 Å². The summed E-state index contributed by atoms with van der Waals surface area (Å²) in [4.78, 5) is 11.7. The maximum absolute atomic E-state index is 10.1. The number of carbonyl (C=O) groups is 1. The number of nitrogens with one attached hydrogen (secondary N) is 1. The van der Waals surface area contributed by atoms with Gasteiger partial charge in [0.2, 0.25) is 0 Å². The molecule has 0 amide bonds. The van der Waals surface area contributed by atoms with E-state index in [4.69, 9.17) is 9.66 Å². The largest absolute Gasteiger partial charge is 0.480 e. The van der Waals surface area contributed by atoms with E-state index in [0.29, 0.717) is 13.0 Å². The molecule has 0 aromatic heterocycles. The van der Waals surface area contributed by atoms with Crippen LogP contribution in [0.3, 0.4) is 0 Å². The third kappa shape index (κ3) is 19.8. The number of aliphatic carboxylic acids is 1. The van der Waals surface area contributed by atoms with Crippen LogP contribution < -0.4 is 5.32 Å². The van der Waals surface area contributed by atoms with E-state index in [2.05, 4.69) is 5.32 Å². The Hall–Kier alpha value is -0.740. The number of carboxylic acids is 1. The number of likely N-dealkylation sites (N-methyl/N-ethyl adjacent to an activating group) is 1. The highest BCUT2D eigenvalue weighted by molar-refractivity contribution is 7.85. The second-order valence-electron chi connectivity index (χ2n) is 3.97. The fraction of sp³-hybridized carbons (Fsp3) is 0.900. The van der Waals surface area contributed by atoms with Gasteiger partial charge in [-0.15, -0.1) is 0 Å². The van der Waals surface area contributed by atoms with Gasteiger partial charge in [0.05, 0.1) is 5.75 Å². The molecule has 0 rings (SSSR count). The highest BCUT2D eigenvalue weighted by Gasteiger charge is 2.11. The van der Waals surface area contributed by atoms with Gasteiger partial charge in [0.1, 0.15) is 6.04 Å². The maximum Gasteiger partial charge on any atom is 0.320 e. The Balaban J connectivity index is -0.000000262. The summed E-state index contributed by atoms with van der Waals surface area (Å²) in [5.74, 6) is -0.935. The van der Waals surface area contributed by atoms with Gasteiger partial charge >= 0.3 is 5.97 Å². The lowest BCUT2D eigenvalue weighted by Crippen LogP contribution is -2.32. The van der Waals surface area contributed by atoms with Gasteiger partial charge in [-0.25, -0.2) is 0 Å². The summed E-state index contributed by atoms with van der Waals surface area (Å²) in [5, 5.41) is 11.3. The summed E-state index contributed by atoms with van der Waals surface area (Å²) in [7, 11) is -0.275. The number of nitrogens with zero attached hydrogens (tertiary/aromatic N) is 1. The van der Waals surface area contributed by atoms with E-state index in [1.54, 1.807) is 25.9 Å². The van der Waals surface area contributed by atoms with Gasteiger partial charge in [0.15, 0.2) is 0 Å². The first-order valence-electron chi connectivity index (χ1n) is 5.67. The zero-order valence-electron chi connectivity index (χ0n) is 11.9. The number of hydrogen-bond acceptors (Lipinski definition) is 5. The highest BCUT2D eigenvalue weighted by atomic mass is 32.2.